The third kappa shape index (κ3) is 6.13. The summed E-state index contributed by atoms with van der Waals surface area (Å²) in [7, 11) is 0. The maximum absolute atomic E-state index is 13.9. The molecule has 2 heterocycles. The molecule has 4 rings (SSSR count). The summed E-state index contributed by atoms with van der Waals surface area (Å²) in [6.45, 7) is 7.00. The molecule has 1 N–H and O–H groups in total. The summed E-state index contributed by atoms with van der Waals surface area (Å²) < 4.78 is 1.58. The van der Waals surface area contributed by atoms with E-state index in [1.807, 2.05) is 61.5 Å². The van der Waals surface area contributed by atoms with Gasteiger partial charge < -0.3 is 10.2 Å². The van der Waals surface area contributed by atoms with Gasteiger partial charge in [-0.3, -0.25) is 14.6 Å². The molecular formula is C28H32N6O2. The lowest BCUT2D eigenvalue weighted by molar-refractivity contribution is -0.142. The van der Waals surface area contributed by atoms with Crippen LogP contribution in [-0.2, 0) is 22.7 Å². The van der Waals surface area contributed by atoms with Crippen molar-refractivity contribution >= 4 is 22.8 Å². The Labute approximate surface area is 211 Å². The lowest BCUT2D eigenvalue weighted by Gasteiger charge is -2.31. The van der Waals surface area contributed by atoms with Gasteiger partial charge in [0.05, 0.1) is 5.52 Å². The van der Waals surface area contributed by atoms with E-state index in [1.54, 1.807) is 28.0 Å². The third-order valence-electron chi connectivity index (χ3n) is 6.08. The minimum Gasteiger partial charge on any atom is -0.354 e. The molecule has 0 aliphatic carbocycles. The van der Waals surface area contributed by atoms with Crippen LogP contribution >= 0.6 is 0 Å². The predicted molar refractivity (Wildman–Crippen MR) is 139 cm³/mol. The van der Waals surface area contributed by atoms with Crippen LogP contribution in [0, 0.1) is 12.8 Å². The van der Waals surface area contributed by atoms with Crippen molar-refractivity contribution in [3.63, 3.8) is 0 Å². The number of fused-ring (bicyclic) bond motifs is 1. The Morgan fingerprint density at radius 1 is 1.03 bits per heavy atom. The van der Waals surface area contributed by atoms with E-state index in [0.29, 0.717) is 23.5 Å². The SMILES string of the molecule is Cc1ccc(CN(C(=O)Cn2nnc3ccccc32)[C@@H](C(=O)NCCC(C)C)c2cccnc2)cc1. The van der Waals surface area contributed by atoms with Crippen molar-refractivity contribution in [2.75, 3.05) is 6.54 Å². The van der Waals surface area contributed by atoms with Crippen molar-refractivity contribution in [1.29, 1.82) is 0 Å². The number of rotatable bonds is 10. The average Bonchev–Trinajstić information content (AvgIpc) is 3.28. The number of aryl methyl sites for hydroxylation is 1. The van der Waals surface area contributed by atoms with Gasteiger partial charge in [-0.1, -0.05) is 67.1 Å². The third-order valence-corrected chi connectivity index (χ3v) is 6.08. The molecule has 0 spiro atoms. The fourth-order valence-electron chi connectivity index (χ4n) is 4.06. The molecule has 0 saturated heterocycles. The van der Waals surface area contributed by atoms with Crippen LogP contribution in [0.1, 0.15) is 43.0 Å². The molecule has 186 valence electrons. The second-order valence-electron chi connectivity index (χ2n) is 9.41. The summed E-state index contributed by atoms with van der Waals surface area (Å²) in [5.41, 5.74) is 4.19. The van der Waals surface area contributed by atoms with E-state index in [-0.39, 0.29) is 24.9 Å². The van der Waals surface area contributed by atoms with Crippen molar-refractivity contribution < 1.29 is 9.59 Å². The molecule has 2 aromatic carbocycles. The van der Waals surface area contributed by atoms with Crippen molar-refractivity contribution in [2.24, 2.45) is 5.92 Å². The molecular weight excluding hydrogens is 452 g/mol. The van der Waals surface area contributed by atoms with E-state index in [2.05, 4.69) is 34.5 Å². The Kier molecular flexibility index (Phi) is 8.05. The molecule has 4 aromatic rings. The van der Waals surface area contributed by atoms with Crippen molar-refractivity contribution in [3.05, 3.63) is 89.7 Å². The number of amides is 2. The van der Waals surface area contributed by atoms with E-state index >= 15 is 0 Å². The van der Waals surface area contributed by atoms with E-state index in [4.69, 9.17) is 0 Å². The first kappa shape index (κ1) is 25.0. The van der Waals surface area contributed by atoms with Crippen LogP contribution in [0.3, 0.4) is 0 Å². The molecule has 8 heteroatoms. The fraction of sp³-hybridized carbons (Fsp3) is 0.321. The van der Waals surface area contributed by atoms with E-state index in [1.165, 1.54) is 0 Å². The minimum absolute atomic E-state index is 0.0393. The lowest BCUT2D eigenvalue weighted by Crippen LogP contribution is -2.45. The van der Waals surface area contributed by atoms with Gasteiger partial charge in [-0.15, -0.1) is 5.10 Å². The van der Waals surface area contributed by atoms with E-state index in [9.17, 15) is 9.59 Å². The van der Waals surface area contributed by atoms with Crippen LogP contribution in [0.4, 0.5) is 0 Å². The van der Waals surface area contributed by atoms with Crippen molar-refractivity contribution in [1.82, 2.24) is 30.2 Å². The van der Waals surface area contributed by atoms with Gasteiger partial charge in [-0.2, -0.15) is 0 Å². The van der Waals surface area contributed by atoms with Gasteiger partial charge in [0.15, 0.2) is 0 Å². The van der Waals surface area contributed by atoms with Crippen molar-refractivity contribution in [3.8, 4) is 0 Å². The summed E-state index contributed by atoms with van der Waals surface area (Å²) in [6, 6.07) is 18.3. The smallest absolute Gasteiger partial charge is 0.247 e. The first-order valence-corrected chi connectivity index (χ1v) is 12.2. The highest BCUT2D eigenvalue weighted by Crippen LogP contribution is 2.24. The van der Waals surface area contributed by atoms with Crippen LogP contribution in [-0.4, -0.2) is 43.2 Å². The van der Waals surface area contributed by atoms with E-state index in [0.717, 1.165) is 23.1 Å². The molecule has 0 fully saturated rings. The topological polar surface area (TPSA) is 93.0 Å². The molecule has 0 saturated carbocycles. The summed E-state index contributed by atoms with van der Waals surface area (Å²) in [6.07, 6.45) is 4.15. The number of hydrogen-bond acceptors (Lipinski definition) is 5. The summed E-state index contributed by atoms with van der Waals surface area (Å²) >= 11 is 0. The van der Waals surface area contributed by atoms with Gasteiger partial charge in [0.2, 0.25) is 11.8 Å². The monoisotopic (exact) mass is 484 g/mol. The summed E-state index contributed by atoms with van der Waals surface area (Å²) in [5.74, 6) is -0.0142. The van der Waals surface area contributed by atoms with Crippen LogP contribution in [0.25, 0.3) is 11.0 Å². The zero-order valence-corrected chi connectivity index (χ0v) is 21.0. The number of carbonyl (C=O) groups is 2. The highest BCUT2D eigenvalue weighted by molar-refractivity contribution is 5.89. The second kappa shape index (κ2) is 11.6. The van der Waals surface area contributed by atoms with Crippen LogP contribution < -0.4 is 5.32 Å². The first-order chi connectivity index (χ1) is 17.4. The average molecular weight is 485 g/mol. The number of carbonyl (C=O) groups excluding carboxylic acids is 2. The standard InChI is InChI=1S/C28H32N6O2/c1-20(2)14-16-30-28(36)27(23-7-6-15-29-17-23)33(18-22-12-10-21(3)11-13-22)26(35)19-34-25-9-5-4-8-24(25)31-32-34/h4-13,15,17,20,27H,14,16,18-19H2,1-3H3,(H,30,36)/t27-/m1/s1. The van der Waals surface area contributed by atoms with Gasteiger partial charge in [-0.05, 0) is 43.0 Å². The first-order valence-electron chi connectivity index (χ1n) is 12.2. The van der Waals surface area contributed by atoms with Gasteiger partial charge in [0, 0.05) is 31.0 Å². The summed E-state index contributed by atoms with van der Waals surface area (Å²) in [5, 5.41) is 11.4. The fourth-order valence-corrected chi connectivity index (χ4v) is 4.06. The summed E-state index contributed by atoms with van der Waals surface area (Å²) in [4.78, 5) is 33.3. The van der Waals surface area contributed by atoms with Gasteiger partial charge >= 0.3 is 0 Å². The van der Waals surface area contributed by atoms with E-state index < -0.39 is 6.04 Å². The maximum Gasteiger partial charge on any atom is 0.247 e. The number of para-hydroxylation sites is 1. The highest BCUT2D eigenvalue weighted by atomic mass is 16.2. The Hall–Kier alpha value is -4.07. The molecule has 0 bridgehead atoms. The molecule has 2 amide bonds. The predicted octanol–water partition coefficient (Wildman–Crippen LogP) is 4.07. The molecule has 0 aliphatic rings. The molecule has 0 unspecified atom stereocenters. The normalized spacial score (nSPS) is 12.0. The largest absolute Gasteiger partial charge is 0.354 e. The number of aromatic nitrogens is 4. The van der Waals surface area contributed by atoms with Crippen molar-refractivity contribution in [2.45, 2.75) is 46.3 Å². The zero-order valence-electron chi connectivity index (χ0n) is 21.0. The molecule has 8 nitrogen and oxygen atoms in total. The Morgan fingerprint density at radius 2 is 1.81 bits per heavy atom. The number of nitrogens with zero attached hydrogens (tertiary/aromatic N) is 5. The molecule has 0 radical (unpaired) electrons. The zero-order chi connectivity index (χ0) is 25.5. The quantitative estimate of drug-likeness (QED) is 0.366. The highest BCUT2D eigenvalue weighted by Gasteiger charge is 2.32. The van der Waals surface area contributed by atoms with Crippen LogP contribution in [0.2, 0.25) is 0 Å². The number of hydrogen-bond donors (Lipinski definition) is 1. The lowest BCUT2D eigenvalue weighted by atomic mass is 10.0. The molecule has 36 heavy (non-hydrogen) atoms. The maximum atomic E-state index is 13.9. The Balaban J connectivity index is 1.69. The Morgan fingerprint density at radius 3 is 2.53 bits per heavy atom. The number of nitrogens with one attached hydrogen (secondary N) is 1. The van der Waals surface area contributed by atoms with Gasteiger partial charge in [0.1, 0.15) is 18.1 Å². The molecule has 2 aromatic heterocycles. The van der Waals surface area contributed by atoms with Gasteiger partial charge in [-0.25, -0.2) is 4.68 Å². The minimum atomic E-state index is -0.838. The second-order valence-corrected chi connectivity index (χ2v) is 9.41. The van der Waals surface area contributed by atoms with Crippen LogP contribution in [0.15, 0.2) is 73.1 Å². The number of pyridine rings is 1. The Bertz CT molecular complexity index is 1300. The van der Waals surface area contributed by atoms with Crippen LogP contribution in [0.5, 0.6) is 0 Å². The van der Waals surface area contributed by atoms with Gasteiger partial charge in [0.25, 0.3) is 0 Å². The molecule has 0 aliphatic heterocycles. The molecule has 1 atom stereocenters. The number of benzene rings is 2.